The van der Waals surface area contributed by atoms with E-state index in [0.717, 1.165) is 38.1 Å². The van der Waals surface area contributed by atoms with Gasteiger partial charge in [-0.2, -0.15) is 0 Å². The average Bonchev–Trinajstić information content (AvgIpc) is 3.14. The SMILES string of the molecule is COc1ccc2cc([C@H](C)C(=O)Nc3sc(C)c(-c4ccccc4)c3C(N)=O)ccc2c1. The molecule has 1 heterocycles. The largest absolute Gasteiger partial charge is 0.497 e. The number of aryl methyl sites for hydroxylation is 1. The molecule has 0 fully saturated rings. The molecule has 3 aromatic carbocycles. The maximum Gasteiger partial charge on any atom is 0.252 e. The van der Waals surface area contributed by atoms with Gasteiger partial charge in [-0.25, -0.2) is 0 Å². The van der Waals surface area contributed by atoms with Crippen LogP contribution in [0.4, 0.5) is 5.00 Å². The van der Waals surface area contributed by atoms with E-state index in [9.17, 15) is 9.59 Å². The van der Waals surface area contributed by atoms with Crippen LogP contribution < -0.4 is 15.8 Å². The number of fused-ring (bicyclic) bond motifs is 1. The Morgan fingerprint density at radius 2 is 1.69 bits per heavy atom. The van der Waals surface area contributed by atoms with Crippen LogP contribution in [0.1, 0.15) is 33.6 Å². The molecule has 4 aromatic rings. The molecule has 2 amide bonds. The van der Waals surface area contributed by atoms with Gasteiger partial charge in [-0.1, -0.05) is 54.6 Å². The predicted molar refractivity (Wildman–Crippen MR) is 131 cm³/mol. The first-order valence-electron chi connectivity index (χ1n) is 10.3. The summed E-state index contributed by atoms with van der Waals surface area (Å²) in [7, 11) is 1.64. The second-order valence-electron chi connectivity index (χ2n) is 7.65. The summed E-state index contributed by atoms with van der Waals surface area (Å²) in [4.78, 5) is 26.3. The monoisotopic (exact) mass is 444 g/mol. The Morgan fingerprint density at radius 3 is 2.38 bits per heavy atom. The fourth-order valence-corrected chi connectivity index (χ4v) is 4.91. The van der Waals surface area contributed by atoms with Crippen LogP contribution in [0.3, 0.4) is 0 Å². The van der Waals surface area contributed by atoms with E-state index in [1.165, 1.54) is 11.3 Å². The Bertz CT molecular complexity index is 1310. The number of ether oxygens (including phenoxy) is 1. The molecule has 0 spiro atoms. The van der Waals surface area contributed by atoms with Crippen molar-refractivity contribution < 1.29 is 14.3 Å². The first-order chi connectivity index (χ1) is 15.4. The highest BCUT2D eigenvalue weighted by molar-refractivity contribution is 7.17. The molecule has 0 aliphatic rings. The van der Waals surface area contributed by atoms with Gasteiger partial charge in [0.1, 0.15) is 10.8 Å². The van der Waals surface area contributed by atoms with Crippen LogP contribution in [0.2, 0.25) is 0 Å². The minimum atomic E-state index is -0.559. The van der Waals surface area contributed by atoms with Crippen molar-refractivity contribution in [2.24, 2.45) is 5.73 Å². The first kappa shape index (κ1) is 21.6. The number of rotatable bonds is 6. The highest BCUT2D eigenvalue weighted by Crippen LogP contribution is 2.40. The van der Waals surface area contributed by atoms with Crippen molar-refractivity contribution >= 4 is 38.9 Å². The van der Waals surface area contributed by atoms with Crippen LogP contribution in [0.25, 0.3) is 21.9 Å². The van der Waals surface area contributed by atoms with E-state index in [1.807, 2.05) is 80.6 Å². The lowest BCUT2D eigenvalue weighted by Gasteiger charge is -2.14. The normalized spacial score (nSPS) is 11.8. The quantitative estimate of drug-likeness (QED) is 0.399. The van der Waals surface area contributed by atoms with Crippen molar-refractivity contribution in [2.45, 2.75) is 19.8 Å². The molecule has 0 unspecified atom stereocenters. The van der Waals surface area contributed by atoms with Gasteiger partial charge in [0.25, 0.3) is 5.91 Å². The van der Waals surface area contributed by atoms with E-state index in [1.54, 1.807) is 7.11 Å². The maximum atomic E-state index is 13.1. The van der Waals surface area contributed by atoms with Gasteiger partial charge in [0.15, 0.2) is 0 Å². The Balaban J connectivity index is 1.64. The lowest BCUT2D eigenvalue weighted by molar-refractivity contribution is -0.117. The number of anilines is 1. The molecule has 32 heavy (non-hydrogen) atoms. The van der Waals surface area contributed by atoms with Gasteiger partial charge in [0.05, 0.1) is 18.6 Å². The van der Waals surface area contributed by atoms with Crippen LogP contribution in [0.15, 0.2) is 66.7 Å². The average molecular weight is 445 g/mol. The third kappa shape index (κ3) is 4.09. The number of methoxy groups -OCH3 is 1. The Labute approximate surface area is 190 Å². The topological polar surface area (TPSA) is 81.4 Å². The summed E-state index contributed by atoms with van der Waals surface area (Å²) in [6, 6.07) is 21.4. The van der Waals surface area contributed by atoms with Gasteiger partial charge in [-0.05, 0) is 47.9 Å². The predicted octanol–water partition coefficient (Wildman–Crippen LogP) is 5.73. The molecule has 0 radical (unpaired) electrons. The summed E-state index contributed by atoms with van der Waals surface area (Å²) in [6.07, 6.45) is 0. The van der Waals surface area contributed by atoms with Crippen LogP contribution in [0, 0.1) is 6.92 Å². The summed E-state index contributed by atoms with van der Waals surface area (Å²) in [6.45, 7) is 3.78. The zero-order chi connectivity index (χ0) is 22.8. The Kier molecular flexibility index (Phi) is 5.97. The standard InChI is InChI=1S/C26H24N2O3S/c1-15(18-9-10-20-14-21(31-3)12-11-19(20)13-18)25(30)28-26-23(24(27)29)22(16(2)32-26)17-7-5-4-6-8-17/h4-15H,1-3H3,(H2,27,29)(H,28,30)/t15-/m0/s1. The summed E-state index contributed by atoms with van der Waals surface area (Å²) in [5.41, 5.74) is 8.63. The number of carbonyl (C=O) groups excluding carboxylic acids is 2. The van der Waals surface area contributed by atoms with Crippen molar-refractivity contribution in [2.75, 3.05) is 12.4 Å². The number of benzene rings is 3. The molecular weight excluding hydrogens is 420 g/mol. The number of nitrogens with one attached hydrogen (secondary N) is 1. The van der Waals surface area contributed by atoms with Crippen LogP contribution in [-0.2, 0) is 4.79 Å². The van der Waals surface area contributed by atoms with Gasteiger partial charge >= 0.3 is 0 Å². The van der Waals surface area contributed by atoms with E-state index in [-0.39, 0.29) is 5.91 Å². The van der Waals surface area contributed by atoms with Crippen LogP contribution in [0.5, 0.6) is 5.75 Å². The van der Waals surface area contributed by atoms with E-state index in [4.69, 9.17) is 10.5 Å². The third-order valence-electron chi connectivity index (χ3n) is 5.59. The summed E-state index contributed by atoms with van der Waals surface area (Å²) in [5, 5.41) is 5.50. The summed E-state index contributed by atoms with van der Waals surface area (Å²) < 4.78 is 5.28. The second kappa shape index (κ2) is 8.85. The fraction of sp³-hybridized carbons (Fsp3) is 0.154. The number of nitrogens with two attached hydrogens (primary N) is 1. The van der Waals surface area contributed by atoms with E-state index in [2.05, 4.69) is 5.32 Å². The van der Waals surface area contributed by atoms with Crippen molar-refractivity contribution in [1.82, 2.24) is 0 Å². The third-order valence-corrected chi connectivity index (χ3v) is 6.62. The van der Waals surface area contributed by atoms with Crippen LogP contribution >= 0.6 is 11.3 Å². The Morgan fingerprint density at radius 1 is 1.00 bits per heavy atom. The van der Waals surface area contributed by atoms with Gasteiger partial charge < -0.3 is 15.8 Å². The van der Waals surface area contributed by atoms with E-state index >= 15 is 0 Å². The molecule has 5 nitrogen and oxygen atoms in total. The Hall–Kier alpha value is -3.64. The minimum absolute atomic E-state index is 0.193. The highest BCUT2D eigenvalue weighted by Gasteiger charge is 2.24. The molecule has 6 heteroatoms. The first-order valence-corrected chi connectivity index (χ1v) is 11.1. The fourth-order valence-electron chi connectivity index (χ4n) is 3.83. The lowest BCUT2D eigenvalue weighted by Crippen LogP contribution is -2.21. The molecule has 0 saturated heterocycles. The van der Waals surface area contributed by atoms with Crippen molar-refractivity contribution in [3.05, 3.63) is 82.7 Å². The molecular formula is C26H24N2O3S. The minimum Gasteiger partial charge on any atom is -0.497 e. The van der Waals surface area contributed by atoms with Gasteiger partial charge in [0.2, 0.25) is 5.91 Å². The number of amides is 2. The summed E-state index contributed by atoms with van der Waals surface area (Å²) in [5.74, 6) is -0.376. The molecule has 1 aromatic heterocycles. The van der Waals surface area contributed by atoms with Gasteiger partial charge in [0, 0.05) is 10.4 Å². The molecule has 0 aliphatic carbocycles. The van der Waals surface area contributed by atoms with Crippen molar-refractivity contribution in [3.8, 4) is 16.9 Å². The number of thiophene rings is 1. The maximum absolute atomic E-state index is 13.1. The number of hydrogen-bond acceptors (Lipinski definition) is 4. The number of primary amides is 1. The second-order valence-corrected chi connectivity index (χ2v) is 8.88. The van der Waals surface area contributed by atoms with Gasteiger partial charge in [-0.3, -0.25) is 9.59 Å². The molecule has 0 saturated carbocycles. The highest BCUT2D eigenvalue weighted by atomic mass is 32.1. The van der Waals surface area contributed by atoms with E-state index in [0.29, 0.717) is 10.6 Å². The van der Waals surface area contributed by atoms with Crippen molar-refractivity contribution in [1.29, 1.82) is 0 Å². The zero-order valence-corrected chi connectivity index (χ0v) is 19.0. The van der Waals surface area contributed by atoms with E-state index < -0.39 is 11.8 Å². The molecule has 4 rings (SSSR count). The summed E-state index contributed by atoms with van der Waals surface area (Å²) >= 11 is 1.37. The molecule has 0 aliphatic heterocycles. The number of carbonyl (C=O) groups is 2. The lowest BCUT2D eigenvalue weighted by atomic mass is 9.96. The van der Waals surface area contributed by atoms with Crippen molar-refractivity contribution in [3.63, 3.8) is 0 Å². The zero-order valence-electron chi connectivity index (χ0n) is 18.1. The van der Waals surface area contributed by atoms with Gasteiger partial charge in [-0.15, -0.1) is 11.3 Å². The molecule has 1 atom stereocenters. The smallest absolute Gasteiger partial charge is 0.252 e. The number of hydrogen-bond donors (Lipinski definition) is 2. The molecule has 3 N–H and O–H groups in total. The molecule has 0 bridgehead atoms. The molecule has 162 valence electrons. The van der Waals surface area contributed by atoms with Crippen LogP contribution in [-0.4, -0.2) is 18.9 Å².